The molecule has 0 unspecified atom stereocenters. The van der Waals surface area contributed by atoms with Crippen LogP contribution in [0.15, 0.2) is 18.2 Å². The average Bonchev–Trinajstić information content (AvgIpc) is 2.71. The maximum atomic E-state index is 13.0. The number of aromatic amines is 1. The van der Waals surface area contributed by atoms with E-state index in [1.165, 1.54) is 6.07 Å². The van der Waals surface area contributed by atoms with Gasteiger partial charge in [0.2, 0.25) is 0 Å². The number of benzene rings is 1. The molecule has 1 heterocycles. The van der Waals surface area contributed by atoms with Crippen LogP contribution in [-0.4, -0.2) is 30.5 Å². The molecular formula is C14H16ClF3N2. The number of halogens is 4. The van der Waals surface area contributed by atoms with Crippen molar-refractivity contribution in [3.8, 4) is 0 Å². The lowest BCUT2D eigenvalue weighted by molar-refractivity contribution is -0.136. The van der Waals surface area contributed by atoms with E-state index < -0.39 is 11.7 Å². The van der Waals surface area contributed by atoms with Gasteiger partial charge in [-0.25, -0.2) is 0 Å². The number of hydrogen-bond donors (Lipinski definition) is 1. The molecular weight excluding hydrogens is 289 g/mol. The van der Waals surface area contributed by atoms with E-state index in [1.54, 1.807) is 6.07 Å². The number of aromatic nitrogens is 1. The summed E-state index contributed by atoms with van der Waals surface area (Å²) in [6, 6.07) is 3.87. The quantitative estimate of drug-likeness (QED) is 0.890. The smallest absolute Gasteiger partial charge is 0.357 e. The summed E-state index contributed by atoms with van der Waals surface area (Å²) >= 11 is 5.97. The third-order valence-corrected chi connectivity index (χ3v) is 3.47. The summed E-state index contributed by atoms with van der Waals surface area (Å²) < 4.78 is 38.9. The Kier molecular flexibility index (Phi) is 4.30. The molecule has 110 valence electrons. The van der Waals surface area contributed by atoms with Crippen molar-refractivity contribution in [2.24, 2.45) is 0 Å². The van der Waals surface area contributed by atoms with Gasteiger partial charge in [-0.15, -0.1) is 0 Å². The number of fused-ring (bicyclic) bond motifs is 1. The molecule has 0 aliphatic carbocycles. The standard InChI is InChI=1S/C14H16ClF3N2/c1-20(2)7-3-4-9-8-10-11(14(16,17)18)5-6-12(15)13(10)19-9/h5-6,8,19H,3-4,7H2,1-2H3. The van der Waals surface area contributed by atoms with Crippen molar-refractivity contribution in [3.63, 3.8) is 0 Å². The van der Waals surface area contributed by atoms with Crippen molar-refractivity contribution in [1.29, 1.82) is 0 Å². The fraction of sp³-hybridized carbons (Fsp3) is 0.429. The number of rotatable bonds is 4. The van der Waals surface area contributed by atoms with Crippen LogP contribution in [0.25, 0.3) is 10.9 Å². The van der Waals surface area contributed by atoms with Crippen LogP contribution in [0.5, 0.6) is 0 Å². The van der Waals surface area contributed by atoms with Crippen molar-refractivity contribution in [2.75, 3.05) is 20.6 Å². The molecule has 0 fully saturated rings. The average molecular weight is 305 g/mol. The van der Waals surface area contributed by atoms with Crippen LogP contribution in [0.1, 0.15) is 17.7 Å². The zero-order chi connectivity index (χ0) is 14.9. The minimum Gasteiger partial charge on any atom is -0.357 e. The maximum absolute atomic E-state index is 13.0. The van der Waals surface area contributed by atoms with Gasteiger partial charge in [0.05, 0.1) is 16.1 Å². The van der Waals surface area contributed by atoms with E-state index in [0.29, 0.717) is 17.0 Å². The van der Waals surface area contributed by atoms with Gasteiger partial charge in [0.15, 0.2) is 0 Å². The van der Waals surface area contributed by atoms with Crippen molar-refractivity contribution < 1.29 is 13.2 Å². The van der Waals surface area contributed by atoms with Gasteiger partial charge in [0.25, 0.3) is 0 Å². The molecule has 0 aliphatic rings. The van der Waals surface area contributed by atoms with Crippen molar-refractivity contribution >= 4 is 22.5 Å². The van der Waals surface area contributed by atoms with Crippen LogP contribution >= 0.6 is 11.6 Å². The Hall–Kier alpha value is -1.20. The predicted octanol–water partition coefficient (Wildman–Crippen LogP) is 4.33. The van der Waals surface area contributed by atoms with Crippen LogP contribution in [0.4, 0.5) is 13.2 Å². The van der Waals surface area contributed by atoms with E-state index in [-0.39, 0.29) is 5.39 Å². The van der Waals surface area contributed by atoms with Crippen molar-refractivity contribution in [3.05, 3.63) is 34.5 Å². The second-order valence-corrected chi connectivity index (χ2v) is 5.49. The summed E-state index contributed by atoms with van der Waals surface area (Å²) in [6.45, 7) is 0.884. The van der Waals surface area contributed by atoms with Crippen LogP contribution < -0.4 is 0 Å². The molecule has 0 saturated heterocycles. The highest BCUT2D eigenvalue weighted by Crippen LogP contribution is 2.37. The maximum Gasteiger partial charge on any atom is 0.417 e. The Morgan fingerprint density at radius 1 is 1.25 bits per heavy atom. The van der Waals surface area contributed by atoms with Gasteiger partial charge in [-0.2, -0.15) is 13.2 Å². The van der Waals surface area contributed by atoms with Crippen LogP contribution in [0.2, 0.25) is 5.02 Å². The monoisotopic (exact) mass is 304 g/mol. The third-order valence-electron chi connectivity index (χ3n) is 3.16. The van der Waals surface area contributed by atoms with Gasteiger partial charge in [-0.05, 0) is 51.7 Å². The number of hydrogen-bond acceptors (Lipinski definition) is 1. The fourth-order valence-electron chi connectivity index (χ4n) is 2.21. The molecule has 0 radical (unpaired) electrons. The van der Waals surface area contributed by atoms with E-state index in [0.717, 1.165) is 24.7 Å². The molecule has 0 amide bonds. The van der Waals surface area contributed by atoms with Gasteiger partial charge >= 0.3 is 6.18 Å². The SMILES string of the molecule is CN(C)CCCc1cc2c(C(F)(F)F)ccc(Cl)c2[nH]1. The zero-order valence-electron chi connectivity index (χ0n) is 11.3. The molecule has 1 aromatic carbocycles. The molecule has 0 atom stereocenters. The topological polar surface area (TPSA) is 19.0 Å². The Morgan fingerprint density at radius 2 is 1.95 bits per heavy atom. The van der Waals surface area contributed by atoms with E-state index in [4.69, 9.17) is 11.6 Å². The van der Waals surface area contributed by atoms with Gasteiger partial charge < -0.3 is 9.88 Å². The molecule has 2 aromatic rings. The highest BCUT2D eigenvalue weighted by atomic mass is 35.5. The number of nitrogens with zero attached hydrogens (tertiary/aromatic N) is 1. The second-order valence-electron chi connectivity index (χ2n) is 5.08. The molecule has 6 heteroatoms. The predicted molar refractivity (Wildman–Crippen MR) is 75.2 cm³/mol. The first-order valence-electron chi connectivity index (χ1n) is 6.31. The Bertz CT molecular complexity index is 602. The largest absolute Gasteiger partial charge is 0.417 e. The van der Waals surface area contributed by atoms with Crippen molar-refractivity contribution in [2.45, 2.75) is 19.0 Å². The van der Waals surface area contributed by atoms with Crippen LogP contribution in [0, 0.1) is 0 Å². The first kappa shape index (κ1) is 15.2. The van der Waals surface area contributed by atoms with Crippen molar-refractivity contribution in [1.82, 2.24) is 9.88 Å². The Labute approximate surface area is 120 Å². The van der Waals surface area contributed by atoms with Gasteiger partial charge in [-0.3, -0.25) is 0 Å². The summed E-state index contributed by atoms with van der Waals surface area (Å²) in [4.78, 5) is 5.04. The summed E-state index contributed by atoms with van der Waals surface area (Å²) in [5.74, 6) is 0. The molecule has 0 bridgehead atoms. The zero-order valence-corrected chi connectivity index (χ0v) is 12.1. The molecule has 2 rings (SSSR count). The summed E-state index contributed by atoms with van der Waals surface area (Å²) in [6.07, 6.45) is -2.80. The van der Waals surface area contributed by atoms with Crippen LogP contribution in [-0.2, 0) is 12.6 Å². The minimum absolute atomic E-state index is 0.143. The van der Waals surface area contributed by atoms with Crippen LogP contribution in [0.3, 0.4) is 0 Å². The Balaban J connectivity index is 2.34. The summed E-state index contributed by atoms with van der Waals surface area (Å²) in [5.41, 5.74) is 0.494. The van der Waals surface area contributed by atoms with Gasteiger partial charge in [0.1, 0.15) is 0 Å². The number of H-pyrrole nitrogens is 1. The summed E-state index contributed by atoms with van der Waals surface area (Å²) in [7, 11) is 3.92. The molecule has 1 N–H and O–H groups in total. The third kappa shape index (κ3) is 3.27. The van der Waals surface area contributed by atoms with E-state index in [1.807, 2.05) is 19.0 Å². The highest BCUT2D eigenvalue weighted by Gasteiger charge is 2.33. The molecule has 20 heavy (non-hydrogen) atoms. The lowest BCUT2D eigenvalue weighted by Crippen LogP contribution is -2.13. The first-order valence-corrected chi connectivity index (χ1v) is 6.69. The second kappa shape index (κ2) is 5.66. The lowest BCUT2D eigenvalue weighted by Gasteiger charge is -2.08. The van der Waals surface area contributed by atoms with E-state index in [2.05, 4.69) is 4.98 Å². The number of nitrogens with one attached hydrogen (secondary N) is 1. The van der Waals surface area contributed by atoms with Gasteiger partial charge in [-0.1, -0.05) is 11.6 Å². The Morgan fingerprint density at radius 3 is 2.55 bits per heavy atom. The number of aryl methyl sites for hydroxylation is 1. The first-order chi connectivity index (χ1) is 9.29. The highest BCUT2D eigenvalue weighted by molar-refractivity contribution is 6.35. The van der Waals surface area contributed by atoms with E-state index >= 15 is 0 Å². The molecule has 0 saturated carbocycles. The molecule has 2 nitrogen and oxygen atoms in total. The fourth-order valence-corrected chi connectivity index (χ4v) is 2.42. The van der Waals surface area contributed by atoms with E-state index in [9.17, 15) is 13.2 Å². The van der Waals surface area contributed by atoms with Gasteiger partial charge in [0, 0.05) is 11.1 Å². The normalized spacial score (nSPS) is 12.6. The molecule has 0 aliphatic heterocycles. The molecule has 1 aromatic heterocycles. The molecule has 0 spiro atoms. The minimum atomic E-state index is -4.37. The number of alkyl halides is 3. The lowest BCUT2D eigenvalue weighted by atomic mass is 10.1. The summed E-state index contributed by atoms with van der Waals surface area (Å²) in [5, 5.41) is 0.455.